The maximum Gasteiger partial charge on any atom is 0.0988 e. The lowest BCUT2D eigenvalue weighted by molar-refractivity contribution is 1.28. The Bertz CT molecular complexity index is 1850. The third kappa shape index (κ3) is 4.01. The van der Waals surface area contributed by atoms with E-state index in [2.05, 4.69) is 121 Å². The molecule has 0 radical (unpaired) electrons. The quantitative estimate of drug-likeness (QED) is 0.150. The van der Waals surface area contributed by atoms with Gasteiger partial charge in [0.2, 0.25) is 0 Å². The van der Waals surface area contributed by atoms with E-state index in [4.69, 9.17) is 5.73 Å². The van der Waals surface area contributed by atoms with E-state index in [-0.39, 0.29) is 0 Å². The van der Waals surface area contributed by atoms with Crippen molar-refractivity contribution in [3.8, 4) is 28.3 Å². The van der Waals surface area contributed by atoms with Crippen molar-refractivity contribution in [3.63, 3.8) is 0 Å². The van der Waals surface area contributed by atoms with Crippen LogP contribution in [0.4, 0.5) is 0 Å². The number of allylic oxidation sites excluding steroid dienone is 3. The van der Waals surface area contributed by atoms with Crippen LogP contribution in [0.5, 0.6) is 0 Å². The molecule has 0 heterocycles. The molecule has 0 unspecified atom stereocenters. The summed E-state index contributed by atoms with van der Waals surface area (Å²) in [6, 6.07) is 43.4. The second-order valence-corrected chi connectivity index (χ2v) is 9.36. The first-order chi connectivity index (χ1) is 18.8. The molecule has 180 valence electrons. The average Bonchev–Trinajstić information content (AvgIpc) is 2.98. The van der Waals surface area contributed by atoms with Crippen LogP contribution >= 0.6 is 0 Å². The van der Waals surface area contributed by atoms with Crippen molar-refractivity contribution in [1.29, 1.82) is 5.26 Å². The molecule has 0 amide bonds. The minimum absolute atomic E-state index is 0.564. The first-order valence-electron chi connectivity index (χ1n) is 12.8. The summed E-state index contributed by atoms with van der Waals surface area (Å²) < 4.78 is 0. The number of nitrogens with two attached hydrogens (primary N) is 1. The normalized spacial score (nSPS) is 11.9. The summed E-state index contributed by atoms with van der Waals surface area (Å²) in [5, 5.41) is 16.8. The summed E-state index contributed by atoms with van der Waals surface area (Å²) in [5.74, 6) is 0. The predicted molar refractivity (Wildman–Crippen MR) is 161 cm³/mol. The van der Waals surface area contributed by atoms with Crippen LogP contribution in [0, 0.1) is 11.3 Å². The number of hydrogen-bond donors (Lipinski definition) is 1. The Morgan fingerprint density at radius 1 is 0.605 bits per heavy atom. The van der Waals surface area contributed by atoms with Crippen LogP contribution in [0.25, 0.3) is 54.6 Å². The van der Waals surface area contributed by atoms with Gasteiger partial charge in [-0.05, 0) is 78.8 Å². The van der Waals surface area contributed by atoms with Gasteiger partial charge in [0.25, 0.3) is 0 Å². The monoisotopic (exact) mass is 486 g/mol. The number of hydrogen-bond acceptors (Lipinski definition) is 2. The maximum atomic E-state index is 9.42. The average molecular weight is 487 g/mol. The van der Waals surface area contributed by atoms with E-state index < -0.39 is 0 Å². The van der Waals surface area contributed by atoms with Crippen molar-refractivity contribution >= 4 is 32.3 Å². The molecule has 0 saturated carbocycles. The van der Waals surface area contributed by atoms with Crippen LogP contribution in [0.3, 0.4) is 0 Å². The minimum atomic E-state index is 0.564. The molecule has 0 bridgehead atoms. The van der Waals surface area contributed by atoms with Crippen molar-refractivity contribution in [1.82, 2.24) is 0 Å². The van der Waals surface area contributed by atoms with Crippen molar-refractivity contribution in [2.45, 2.75) is 6.42 Å². The van der Waals surface area contributed by atoms with E-state index in [0.29, 0.717) is 12.0 Å². The SMILES string of the molecule is N#CC(/C=C\N)=C/Cc1ccc(-c2c3ccccc3c(-c3ccccc3)c3ccccc23)c2ccccc12. The highest BCUT2D eigenvalue weighted by Gasteiger charge is 2.18. The molecule has 0 aromatic heterocycles. The third-order valence-electron chi connectivity index (χ3n) is 7.22. The largest absolute Gasteiger partial charge is 0.405 e. The molecule has 0 saturated heterocycles. The number of rotatable bonds is 5. The molecule has 0 aliphatic rings. The van der Waals surface area contributed by atoms with Crippen LogP contribution < -0.4 is 5.73 Å². The summed E-state index contributed by atoms with van der Waals surface area (Å²) in [5.41, 5.74) is 12.2. The summed E-state index contributed by atoms with van der Waals surface area (Å²) in [7, 11) is 0. The van der Waals surface area contributed by atoms with Gasteiger partial charge in [-0.25, -0.2) is 0 Å². The molecule has 2 heteroatoms. The summed E-state index contributed by atoms with van der Waals surface area (Å²) in [6.07, 6.45) is 5.64. The molecule has 6 aromatic rings. The zero-order valence-electron chi connectivity index (χ0n) is 20.9. The highest BCUT2D eigenvalue weighted by atomic mass is 14.5. The summed E-state index contributed by atoms with van der Waals surface area (Å²) in [6.45, 7) is 0. The van der Waals surface area contributed by atoms with Crippen LogP contribution in [-0.2, 0) is 6.42 Å². The fourth-order valence-corrected chi connectivity index (χ4v) is 5.57. The van der Waals surface area contributed by atoms with Gasteiger partial charge >= 0.3 is 0 Å². The van der Waals surface area contributed by atoms with Crippen LogP contribution in [0.1, 0.15) is 5.56 Å². The Hall–Kier alpha value is -5.13. The number of benzene rings is 6. The molecule has 2 N–H and O–H groups in total. The number of nitriles is 1. The number of nitrogens with zero attached hydrogens (tertiary/aromatic N) is 1. The highest BCUT2D eigenvalue weighted by Crippen LogP contribution is 2.45. The van der Waals surface area contributed by atoms with Gasteiger partial charge in [-0.3, -0.25) is 0 Å². The standard InChI is InChI=1S/C36H26N2/c37-23-22-25(24-38)18-19-26-20-21-34(29-13-5-4-12-28(26)29)36-32-16-8-6-14-30(32)35(27-10-2-1-3-11-27)31-15-7-9-17-33(31)36/h1-18,20-23H,19,37H2/b23-22-,25-18+. The fourth-order valence-electron chi connectivity index (χ4n) is 5.57. The Kier molecular flexibility index (Phi) is 6.18. The number of fused-ring (bicyclic) bond motifs is 3. The molecule has 2 nitrogen and oxygen atoms in total. The van der Waals surface area contributed by atoms with Crippen molar-refractivity contribution in [2.75, 3.05) is 0 Å². The van der Waals surface area contributed by atoms with Crippen molar-refractivity contribution < 1.29 is 0 Å². The second kappa shape index (κ2) is 10.1. The van der Waals surface area contributed by atoms with Gasteiger partial charge in [-0.2, -0.15) is 5.26 Å². The Labute approximate surface area is 222 Å². The smallest absolute Gasteiger partial charge is 0.0988 e. The Morgan fingerprint density at radius 3 is 1.71 bits per heavy atom. The van der Waals surface area contributed by atoms with E-state index in [1.165, 1.54) is 66.3 Å². The van der Waals surface area contributed by atoms with Gasteiger partial charge in [0.15, 0.2) is 0 Å². The van der Waals surface area contributed by atoms with E-state index in [1.807, 2.05) is 6.08 Å². The zero-order chi connectivity index (χ0) is 25.9. The van der Waals surface area contributed by atoms with E-state index in [1.54, 1.807) is 6.08 Å². The molecule has 6 rings (SSSR count). The van der Waals surface area contributed by atoms with Gasteiger partial charge in [-0.1, -0.05) is 121 Å². The molecule has 0 spiro atoms. The highest BCUT2D eigenvalue weighted by molar-refractivity contribution is 6.23. The summed E-state index contributed by atoms with van der Waals surface area (Å²) >= 11 is 0. The van der Waals surface area contributed by atoms with Crippen molar-refractivity contribution in [2.24, 2.45) is 5.73 Å². The molecular weight excluding hydrogens is 460 g/mol. The van der Waals surface area contributed by atoms with Gasteiger partial charge in [-0.15, -0.1) is 0 Å². The van der Waals surface area contributed by atoms with Gasteiger partial charge in [0.05, 0.1) is 6.07 Å². The first kappa shape index (κ1) is 23.3. The second-order valence-electron chi connectivity index (χ2n) is 9.36. The molecule has 0 aliphatic heterocycles. The summed E-state index contributed by atoms with van der Waals surface area (Å²) in [4.78, 5) is 0. The zero-order valence-corrected chi connectivity index (χ0v) is 20.9. The fraction of sp³-hybridized carbons (Fsp3) is 0.0278. The molecular formula is C36H26N2. The molecule has 6 aromatic carbocycles. The van der Waals surface area contributed by atoms with Crippen molar-refractivity contribution in [3.05, 3.63) is 145 Å². The molecule has 0 atom stereocenters. The first-order valence-corrected chi connectivity index (χ1v) is 12.8. The Balaban J connectivity index is 1.66. The van der Waals surface area contributed by atoms with Crippen LogP contribution in [-0.4, -0.2) is 0 Å². The van der Waals surface area contributed by atoms with E-state index in [0.717, 1.165) is 0 Å². The van der Waals surface area contributed by atoms with Crippen LogP contribution in [0.15, 0.2) is 139 Å². The maximum absolute atomic E-state index is 9.42. The minimum Gasteiger partial charge on any atom is -0.405 e. The van der Waals surface area contributed by atoms with Gasteiger partial charge in [0, 0.05) is 5.57 Å². The van der Waals surface area contributed by atoms with Gasteiger partial charge < -0.3 is 5.73 Å². The predicted octanol–water partition coefficient (Wildman–Crippen LogP) is 8.95. The lowest BCUT2D eigenvalue weighted by Gasteiger charge is -2.19. The lowest BCUT2D eigenvalue weighted by Crippen LogP contribution is -1.93. The molecule has 38 heavy (non-hydrogen) atoms. The third-order valence-corrected chi connectivity index (χ3v) is 7.22. The van der Waals surface area contributed by atoms with Crippen LogP contribution in [0.2, 0.25) is 0 Å². The topological polar surface area (TPSA) is 49.8 Å². The molecule has 0 aliphatic carbocycles. The Morgan fingerprint density at radius 2 is 1.13 bits per heavy atom. The lowest BCUT2D eigenvalue weighted by atomic mass is 9.84. The van der Waals surface area contributed by atoms with E-state index in [9.17, 15) is 5.26 Å². The molecule has 0 fully saturated rings. The van der Waals surface area contributed by atoms with E-state index >= 15 is 0 Å². The van der Waals surface area contributed by atoms with Gasteiger partial charge in [0.1, 0.15) is 0 Å².